The van der Waals surface area contributed by atoms with Gasteiger partial charge in [0.15, 0.2) is 0 Å². The van der Waals surface area contributed by atoms with E-state index in [1.54, 1.807) is 0 Å². The second-order valence-electron chi connectivity index (χ2n) is 3.04. The van der Waals surface area contributed by atoms with Gasteiger partial charge in [-0.15, -0.1) is 0 Å². The minimum Gasteiger partial charge on any atom is -0.772 e. The van der Waals surface area contributed by atoms with E-state index in [4.69, 9.17) is 12.6 Å². The van der Waals surface area contributed by atoms with Gasteiger partial charge in [-0.2, -0.15) is 0 Å². The van der Waals surface area contributed by atoms with E-state index in [1.807, 2.05) is 42.6 Å². The summed E-state index contributed by atoms with van der Waals surface area (Å²) in [6.45, 7) is 3.96. The van der Waals surface area contributed by atoms with Crippen LogP contribution in [0.15, 0.2) is 29.3 Å². The van der Waals surface area contributed by atoms with Gasteiger partial charge in [0.05, 0.1) is 11.9 Å². The fraction of sp³-hybridized carbons (Fsp3) is 0.200. The van der Waals surface area contributed by atoms with Gasteiger partial charge >= 0.3 is 5.65 Å². The lowest BCUT2D eigenvalue weighted by Crippen LogP contribution is -2.28. The van der Waals surface area contributed by atoms with Crippen molar-refractivity contribution in [2.24, 2.45) is 0 Å². The van der Waals surface area contributed by atoms with Crippen molar-refractivity contribution < 1.29 is 4.40 Å². The number of hydrogen-bond donors (Lipinski definition) is 0. The van der Waals surface area contributed by atoms with E-state index >= 15 is 0 Å². The van der Waals surface area contributed by atoms with Crippen LogP contribution in [0.3, 0.4) is 0 Å². The van der Waals surface area contributed by atoms with Crippen LogP contribution in [0.5, 0.6) is 0 Å². The average Bonchev–Trinajstić information content (AvgIpc) is 2.15. The lowest BCUT2D eigenvalue weighted by Gasteiger charge is -2.09. The lowest BCUT2D eigenvalue weighted by atomic mass is 10.3. The van der Waals surface area contributed by atoms with Crippen molar-refractivity contribution in [2.45, 2.75) is 18.7 Å². The smallest absolute Gasteiger partial charge is 0.327 e. The molecule has 0 aliphatic rings. The van der Waals surface area contributed by atoms with Crippen LogP contribution in [-0.4, -0.2) is 4.98 Å². The first kappa shape index (κ1) is 8.38. The minimum absolute atomic E-state index is 0.851. The predicted molar refractivity (Wildman–Crippen MR) is 52.5 cm³/mol. The third-order valence-electron chi connectivity index (χ3n) is 2.14. The van der Waals surface area contributed by atoms with Crippen LogP contribution < -0.4 is 4.40 Å². The zero-order valence-electron chi connectivity index (χ0n) is 7.61. The Morgan fingerprint density at radius 1 is 1.31 bits per heavy atom. The highest BCUT2D eigenvalue weighted by Crippen LogP contribution is 2.07. The third kappa shape index (κ3) is 1.25. The number of rotatable bonds is 0. The highest BCUT2D eigenvalue weighted by Gasteiger charge is 2.07. The molecule has 0 aliphatic carbocycles. The van der Waals surface area contributed by atoms with Crippen LogP contribution >= 0.6 is 0 Å². The van der Waals surface area contributed by atoms with Crippen LogP contribution in [0.2, 0.25) is 0 Å². The quantitative estimate of drug-likeness (QED) is 0.460. The zero-order chi connectivity index (χ0) is 9.42. The van der Waals surface area contributed by atoms with Crippen molar-refractivity contribution in [1.82, 2.24) is 4.98 Å². The molecule has 2 nitrogen and oxygen atoms in total. The average molecular weight is 190 g/mol. The zero-order valence-corrected chi connectivity index (χ0v) is 8.43. The molecule has 0 saturated heterocycles. The van der Waals surface area contributed by atoms with Gasteiger partial charge in [0, 0.05) is 13.0 Å². The third-order valence-corrected chi connectivity index (χ3v) is 2.73. The van der Waals surface area contributed by atoms with E-state index in [0.717, 1.165) is 21.9 Å². The number of aromatic nitrogens is 2. The molecule has 0 N–H and O–H groups in total. The summed E-state index contributed by atoms with van der Waals surface area (Å²) in [6, 6.07) is 5.94. The number of hydrogen-bond acceptors (Lipinski definition) is 2. The molecule has 0 bridgehead atoms. The molecule has 0 aromatic carbocycles. The molecule has 0 fully saturated rings. The second-order valence-corrected chi connectivity index (χ2v) is 3.45. The number of nitrogens with zero attached hydrogens (tertiary/aromatic N) is 2. The van der Waals surface area contributed by atoms with Crippen molar-refractivity contribution in [3.63, 3.8) is 0 Å². The Morgan fingerprint density at radius 3 is 2.85 bits per heavy atom. The fourth-order valence-corrected chi connectivity index (χ4v) is 1.55. The van der Waals surface area contributed by atoms with Gasteiger partial charge in [-0.25, -0.2) is 4.40 Å². The molecule has 0 radical (unpaired) electrons. The Kier molecular flexibility index (Phi) is 1.88. The monoisotopic (exact) mass is 190 g/mol. The number of aryl methyl sites for hydroxylation is 2. The first-order valence-electron chi connectivity index (χ1n) is 4.15. The summed E-state index contributed by atoms with van der Waals surface area (Å²) in [4.78, 5) is 5.25. The van der Waals surface area contributed by atoms with Gasteiger partial charge in [0.25, 0.3) is 0 Å². The highest BCUT2D eigenvalue weighted by atomic mass is 32.1. The number of fused-ring (bicyclic) bond motifs is 1. The first-order chi connectivity index (χ1) is 6.20. The molecule has 2 aromatic rings. The van der Waals surface area contributed by atoms with Crippen LogP contribution in [-0.2, 0) is 12.6 Å². The van der Waals surface area contributed by atoms with E-state index in [9.17, 15) is 0 Å². The predicted octanol–water partition coefficient (Wildman–Crippen LogP) is 1.34. The van der Waals surface area contributed by atoms with Crippen molar-refractivity contribution in [1.29, 1.82) is 0 Å². The molecule has 0 aliphatic heterocycles. The minimum atomic E-state index is 0.851. The summed E-state index contributed by atoms with van der Waals surface area (Å²) in [5.74, 6) is 0. The van der Waals surface area contributed by atoms with Crippen molar-refractivity contribution in [3.8, 4) is 0 Å². The van der Waals surface area contributed by atoms with E-state index in [-0.39, 0.29) is 0 Å². The SMILES string of the molecule is Cc1nc2cccc[n+]2c(C)c1[S-]. The van der Waals surface area contributed by atoms with Gasteiger partial charge in [-0.05, 0) is 18.0 Å². The number of pyridine rings is 1. The van der Waals surface area contributed by atoms with E-state index < -0.39 is 0 Å². The van der Waals surface area contributed by atoms with Gasteiger partial charge in [0.1, 0.15) is 5.69 Å². The van der Waals surface area contributed by atoms with Gasteiger partial charge < -0.3 is 12.6 Å². The van der Waals surface area contributed by atoms with Crippen LogP contribution in [0.25, 0.3) is 5.65 Å². The Bertz CT molecular complexity index is 466. The first-order valence-corrected chi connectivity index (χ1v) is 4.55. The molecule has 66 valence electrons. The summed E-state index contributed by atoms with van der Waals surface area (Å²) in [7, 11) is 0. The molecule has 2 heterocycles. The van der Waals surface area contributed by atoms with Gasteiger partial charge in [-0.1, -0.05) is 11.0 Å². The Hall–Kier alpha value is -1.22. The molecular weight excluding hydrogens is 180 g/mol. The Balaban J connectivity index is 2.94. The summed E-state index contributed by atoms with van der Waals surface area (Å²) >= 11 is 5.24. The normalized spacial score (nSPS) is 10.6. The molecule has 2 rings (SSSR count). The standard InChI is InChI=1S/C10H10N2S/c1-7-10(13)8(2)12-6-4-3-5-9(12)11-7/h3-6H,1-2H3. The maximum Gasteiger partial charge on any atom is 0.327 e. The van der Waals surface area contributed by atoms with E-state index in [2.05, 4.69) is 4.98 Å². The Labute approximate surface area is 82.7 Å². The van der Waals surface area contributed by atoms with Crippen molar-refractivity contribution >= 4 is 18.3 Å². The van der Waals surface area contributed by atoms with Gasteiger partial charge in [-0.3, -0.25) is 0 Å². The summed E-state index contributed by atoms with van der Waals surface area (Å²) in [5.41, 5.74) is 2.96. The molecule has 0 atom stereocenters. The molecular formula is C10H10N2S. The van der Waals surface area contributed by atoms with Gasteiger partial charge in [0.2, 0.25) is 0 Å². The second kappa shape index (κ2) is 2.92. The largest absolute Gasteiger partial charge is 0.772 e. The molecule has 2 aromatic heterocycles. The summed E-state index contributed by atoms with van der Waals surface area (Å²) < 4.78 is 2.01. The van der Waals surface area contributed by atoms with Crippen molar-refractivity contribution in [3.05, 3.63) is 35.8 Å². The molecule has 13 heavy (non-hydrogen) atoms. The van der Waals surface area contributed by atoms with E-state index in [0.29, 0.717) is 0 Å². The topological polar surface area (TPSA) is 17.0 Å². The fourth-order valence-electron chi connectivity index (χ4n) is 1.40. The molecule has 0 saturated carbocycles. The van der Waals surface area contributed by atoms with Crippen LogP contribution in [0, 0.1) is 13.8 Å². The highest BCUT2D eigenvalue weighted by molar-refractivity contribution is 7.58. The maximum absolute atomic E-state index is 5.24. The Morgan fingerprint density at radius 2 is 2.08 bits per heavy atom. The van der Waals surface area contributed by atoms with Crippen molar-refractivity contribution in [2.75, 3.05) is 0 Å². The molecule has 0 unspecified atom stereocenters. The summed E-state index contributed by atoms with van der Waals surface area (Å²) in [5, 5.41) is 0. The van der Waals surface area contributed by atoms with Crippen LogP contribution in [0.1, 0.15) is 11.4 Å². The summed E-state index contributed by atoms with van der Waals surface area (Å²) in [6.07, 6.45) is 1.98. The molecule has 0 amide bonds. The lowest BCUT2D eigenvalue weighted by molar-refractivity contribution is -0.525. The molecule has 0 spiro atoms. The maximum atomic E-state index is 5.24. The van der Waals surface area contributed by atoms with E-state index in [1.165, 1.54) is 0 Å². The molecule has 3 heteroatoms. The van der Waals surface area contributed by atoms with Crippen LogP contribution in [0.4, 0.5) is 0 Å².